The fourth-order valence-corrected chi connectivity index (χ4v) is 90.9. The Morgan fingerprint density at radius 3 is 0.443 bits per heavy atom. The molecule has 580 valence electrons. The standard InChI is InChI=1S/6C12H25.2C8H16O2.2O.3Sn/c6*1-3-5-7-9-11-12-10-8-6-4-2;2*1-2-3-4-5-6-7-8(9)10;;;;;/h6*1,3-12H2,2H3;2*2-7H2,1H3,(H,9,10);;;;;/q;;;;;;;;;;;2*+1/p-2. The summed E-state index contributed by atoms with van der Waals surface area (Å²) >= 11 is -13.2. The molecule has 0 atom stereocenters. The van der Waals surface area contributed by atoms with Gasteiger partial charge in [0.2, 0.25) is 0 Å². The van der Waals surface area contributed by atoms with Gasteiger partial charge < -0.3 is 0 Å². The van der Waals surface area contributed by atoms with E-state index >= 15 is 9.59 Å². The number of hydrogen-bond acceptors (Lipinski definition) is 6. The fraction of sp³-hybridized carbons (Fsp3) is 0.977. The third-order valence-corrected chi connectivity index (χ3v) is 77.0. The van der Waals surface area contributed by atoms with Crippen LogP contribution in [-0.4, -0.2) is 69.6 Å². The van der Waals surface area contributed by atoms with E-state index in [1.165, 1.54) is 385 Å². The zero-order valence-electron chi connectivity index (χ0n) is 68.1. The molecule has 0 aliphatic rings. The summed E-state index contributed by atoms with van der Waals surface area (Å²) in [6.45, 7) is 18.6. The van der Waals surface area contributed by atoms with Gasteiger partial charge in [-0.25, -0.2) is 0 Å². The number of rotatable bonds is 84. The number of carbonyl (C=O) groups excluding carboxylic acids is 2. The summed E-state index contributed by atoms with van der Waals surface area (Å²) < 4.78 is 39.0. The molecule has 0 aliphatic carbocycles. The van der Waals surface area contributed by atoms with Crippen molar-refractivity contribution in [2.75, 3.05) is 0 Å². The fourth-order valence-electron chi connectivity index (χ4n) is 15.3. The van der Waals surface area contributed by atoms with Gasteiger partial charge in [-0.15, -0.1) is 0 Å². The first kappa shape index (κ1) is 98.3. The van der Waals surface area contributed by atoms with Gasteiger partial charge in [0.05, 0.1) is 0 Å². The van der Waals surface area contributed by atoms with Crippen molar-refractivity contribution in [2.24, 2.45) is 0 Å². The third kappa shape index (κ3) is 66.4. The summed E-state index contributed by atoms with van der Waals surface area (Å²) in [5.74, 6) is 0.119. The SMILES string of the molecule is CCCCCCCCCCC[CH2][Sn]([CH2]CCCCCCCCCCC)([O]C(=O)CCCCCCC)[O][Sn]([CH2]CCCCCCCCCCC)([CH2]CCCCCCCCCCC)[O][Sn]([CH2]CCCCCCCCCCC)([CH2]CCCCCCCCCCC)[O]C(=O)CCCCCCC. The van der Waals surface area contributed by atoms with Gasteiger partial charge >= 0.3 is 632 Å². The van der Waals surface area contributed by atoms with E-state index in [9.17, 15) is 0 Å². The topological polar surface area (TPSA) is 71.1 Å². The molecule has 0 radical (unpaired) electrons. The Morgan fingerprint density at radius 1 is 0.165 bits per heavy atom. The number of hydrogen-bond donors (Lipinski definition) is 0. The molecule has 97 heavy (non-hydrogen) atoms. The number of unbranched alkanes of at least 4 members (excludes halogenated alkanes) is 62. The molecule has 0 aliphatic heterocycles. The molecular formula is C88H180O6Sn3. The average Bonchev–Trinajstić information content (AvgIpc) is 0.799. The second-order valence-electron chi connectivity index (χ2n) is 31.8. The summed E-state index contributed by atoms with van der Waals surface area (Å²) in [7, 11) is 0. The maximum atomic E-state index is 15.1. The monoisotopic (exact) mass is 1690 g/mol. The molecule has 0 saturated heterocycles. The maximum absolute atomic E-state index is 15.1. The van der Waals surface area contributed by atoms with Crippen molar-refractivity contribution in [3.63, 3.8) is 0 Å². The van der Waals surface area contributed by atoms with Crippen LogP contribution in [0.2, 0.25) is 26.6 Å². The van der Waals surface area contributed by atoms with Crippen LogP contribution in [0.15, 0.2) is 0 Å². The third-order valence-electron chi connectivity index (χ3n) is 21.8. The first-order valence-electron chi connectivity index (χ1n) is 45.5. The molecule has 0 aromatic heterocycles. The van der Waals surface area contributed by atoms with Crippen LogP contribution in [0, 0.1) is 0 Å². The molecule has 9 heteroatoms. The Morgan fingerprint density at radius 2 is 0.289 bits per heavy atom. The molecule has 0 N–H and O–H groups in total. The molecule has 0 rings (SSSR count). The second-order valence-corrected chi connectivity index (χ2v) is 66.1. The Bertz CT molecular complexity index is 1400. The normalized spacial score (nSPS) is 12.2. The molecule has 0 unspecified atom stereocenters. The van der Waals surface area contributed by atoms with Crippen molar-refractivity contribution in [1.29, 1.82) is 0 Å². The molecule has 0 spiro atoms. The van der Waals surface area contributed by atoms with Crippen LogP contribution in [0.5, 0.6) is 0 Å². The van der Waals surface area contributed by atoms with Crippen LogP contribution in [0.25, 0.3) is 0 Å². The molecule has 0 bridgehead atoms. The summed E-state index contributed by atoms with van der Waals surface area (Å²) in [5, 5.41) is 0. The minimum absolute atomic E-state index is 0.0597. The van der Waals surface area contributed by atoms with Crippen molar-refractivity contribution in [1.82, 2.24) is 0 Å². The molecule has 0 amide bonds. The van der Waals surface area contributed by atoms with Gasteiger partial charge in [0.25, 0.3) is 0 Å². The quantitative estimate of drug-likeness (QED) is 0.0446. The van der Waals surface area contributed by atoms with E-state index < -0.39 is 57.6 Å². The molecule has 0 saturated carbocycles. The average molecular weight is 1690 g/mol. The Balaban J connectivity index is 8.34. The number of carbonyl (C=O) groups is 2. The Hall–Kier alpha value is 1.26. The molecular weight excluding hydrogens is 1510 g/mol. The van der Waals surface area contributed by atoms with Crippen molar-refractivity contribution < 1.29 is 18.6 Å². The summed E-state index contributed by atoms with van der Waals surface area (Å²) in [4.78, 5) is 30.3. The molecule has 0 heterocycles. The predicted octanol–water partition coefficient (Wildman–Crippen LogP) is 32.7. The molecule has 0 aromatic rings. The van der Waals surface area contributed by atoms with Crippen molar-refractivity contribution in [2.45, 2.75) is 544 Å². The van der Waals surface area contributed by atoms with E-state index in [1.807, 2.05) is 0 Å². The van der Waals surface area contributed by atoms with Gasteiger partial charge in [-0.05, 0) is 0 Å². The zero-order valence-corrected chi connectivity index (χ0v) is 76.7. The first-order chi connectivity index (χ1) is 47.7. The molecule has 0 aromatic carbocycles. The summed E-state index contributed by atoms with van der Waals surface area (Å²) in [5.41, 5.74) is 0. The van der Waals surface area contributed by atoms with Gasteiger partial charge in [0, 0.05) is 0 Å². The first-order valence-corrected chi connectivity index (χ1v) is 64.6. The van der Waals surface area contributed by atoms with Crippen LogP contribution < -0.4 is 0 Å². The van der Waals surface area contributed by atoms with Crippen molar-refractivity contribution in [3.8, 4) is 0 Å². The van der Waals surface area contributed by atoms with E-state index in [4.69, 9.17) is 8.97 Å². The van der Waals surface area contributed by atoms with Crippen LogP contribution in [0.4, 0.5) is 0 Å². The predicted molar refractivity (Wildman–Crippen MR) is 438 cm³/mol. The zero-order chi connectivity index (χ0) is 70.6. The van der Waals surface area contributed by atoms with Crippen LogP contribution in [0.3, 0.4) is 0 Å². The van der Waals surface area contributed by atoms with E-state index in [0.717, 1.165) is 90.8 Å². The van der Waals surface area contributed by atoms with Crippen molar-refractivity contribution >= 4 is 69.6 Å². The van der Waals surface area contributed by atoms with E-state index in [1.54, 1.807) is 0 Å². The minimum atomic E-state index is -4.43. The van der Waals surface area contributed by atoms with Gasteiger partial charge in [0.15, 0.2) is 0 Å². The molecule has 0 fully saturated rings. The van der Waals surface area contributed by atoms with Crippen LogP contribution in [-0.2, 0) is 18.6 Å². The van der Waals surface area contributed by atoms with E-state index in [0.29, 0.717) is 12.8 Å². The second kappa shape index (κ2) is 78.3. The van der Waals surface area contributed by atoms with Crippen LogP contribution in [0.1, 0.15) is 518 Å². The van der Waals surface area contributed by atoms with Gasteiger partial charge in [-0.3, -0.25) is 0 Å². The van der Waals surface area contributed by atoms with Crippen molar-refractivity contribution in [3.05, 3.63) is 0 Å². The van der Waals surface area contributed by atoms with E-state index in [2.05, 4.69) is 55.4 Å². The van der Waals surface area contributed by atoms with Gasteiger partial charge in [-0.1, -0.05) is 0 Å². The molecule has 6 nitrogen and oxygen atoms in total. The van der Waals surface area contributed by atoms with Gasteiger partial charge in [0.1, 0.15) is 0 Å². The summed E-state index contributed by atoms with van der Waals surface area (Å²) in [6.07, 6.45) is 90.8. The van der Waals surface area contributed by atoms with Gasteiger partial charge in [-0.2, -0.15) is 0 Å². The Labute approximate surface area is 626 Å². The summed E-state index contributed by atoms with van der Waals surface area (Å²) in [6, 6.07) is 0. The van der Waals surface area contributed by atoms with Crippen LogP contribution >= 0.6 is 0 Å². The van der Waals surface area contributed by atoms with E-state index in [-0.39, 0.29) is 11.9 Å². The Kier molecular flexibility index (Phi) is 79.3.